The molecule has 2 amide bonds. The largest absolute Gasteiger partial charge is 1.00 e. The predicted molar refractivity (Wildman–Crippen MR) is 387 cm³/mol. The smallest absolute Gasteiger partial charge is 0.870 e. The molecule has 7 rings (SSSR count). The zero-order valence-electron chi connectivity index (χ0n) is 60.1. The van der Waals surface area contributed by atoms with Crippen LogP contribution in [0.5, 0.6) is 11.8 Å². The molecule has 34 nitrogen and oxygen atoms in total. The Bertz CT molecular complexity index is 3410. The summed E-state index contributed by atoms with van der Waals surface area (Å²) in [6, 6.07) is 14.7. The van der Waals surface area contributed by atoms with Gasteiger partial charge in [-0.3, -0.25) is 19.2 Å². The summed E-state index contributed by atoms with van der Waals surface area (Å²) >= 11 is 5.44. The van der Waals surface area contributed by atoms with Crippen LogP contribution in [-0.2, 0) is 44.9 Å². The van der Waals surface area contributed by atoms with Crippen LogP contribution < -0.4 is 105 Å². The number of methoxy groups -OCH3 is 2. The first-order valence-electron chi connectivity index (χ1n) is 31.8. The molecule has 37 heteroatoms. The Kier molecular flexibility index (Phi) is 51.2. The van der Waals surface area contributed by atoms with Crippen molar-refractivity contribution >= 4 is 94.2 Å². The molecule has 0 saturated heterocycles. The van der Waals surface area contributed by atoms with Crippen LogP contribution in [0.25, 0.3) is 0 Å². The number of ether oxygens (including phenoxy) is 2. The topological polar surface area (TPSA) is 609 Å². The Morgan fingerprint density at radius 2 is 0.814 bits per heavy atom. The molecule has 0 bridgehead atoms. The van der Waals surface area contributed by atoms with Crippen molar-refractivity contribution in [3.05, 3.63) is 119 Å². The van der Waals surface area contributed by atoms with E-state index < -0.39 is 18.0 Å². The van der Waals surface area contributed by atoms with E-state index in [4.69, 9.17) is 83.5 Å². The molecule has 0 radical (unpaired) electrons. The minimum Gasteiger partial charge on any atom is -0.870 e. The van der Waals surface area contributed by atoms with Crippen LogP contribution in [0, 0.1) is 0 Å². The second kappa shape index (κ2) is 54.1. The van der Waals surface area contributed by atoms with E-state index >= 15 is 0 Å². The van der Waals surface area contributed by atoms with Gasteiger partial charge in [0.05, 0.1) is 32.7 Å². The average molecular weight is 1430 g/mol. The summed E-state index contributed by atoms with van der Waals surface area (Å²) in [6.45, 7) is 9.92. The van der Waals surface area contributed by atoms with Crippen LogP contribution in [-0.4, -0.2) is 143 Å². The fourth-order valence-corrected chi connectivity index (χ4v) is 9.33. The van der Waals surface area contributed by atoms with Gasteiger partial charge in [0.25, 0.3) is 0 Å². The molecule has 0 aliphatic carbocycles. The maximum absolute atomic E-state index is 12.6. The molecule has 550 valence electrons. The van der Waals surface area contributed by atoms with Crippen molar-refractivity contribution in [3.8, 4) is 11.8 Å². The molecular weight excluding hydrogens is 1330 g/mol. The van der Waals surface area contributed by atoms with Gasteiger partial charge >= 0.3 is 49.7 Å². The quantitative estimate of drug-likeness (QED) is 0.0131. The fourth-order valence-electron chi connectivity index (χ4n) is 9.13. The number of aliphatic carboxylic acids is 2. The van der Waals surface area contributed by atoms with E-state index in [1.807, 2.05) is 25.3 Å². The molecule has 24 N–H and O–H groups in total. The van der Waals surface area contributed by atoms with Crippen LogP contribution in [0.15, 0.2) is 79.6 Å². The molecule has 2 unspecified atom stereocenters. The number of carbonyl (C=O) groups is 4. The van der Waals surface area contributed by atoms with Crippen molar-refractivity contribution in [1.82, 2.24) is 69.6 Å². The number of rotatable bonds is 30. The third kappa shape index (κ3) is 41.2. The molecule has 102 heavy (non-hydrogen) atoms. The Morgan fingerprint density at radius 3 is 1.08 bits per heavy atom. The van der Waals surface area contributed by atoms with Gasteiger partial charge in [-0.1, -0.05) is 69.8 Å². The molecule has 2 atom stereocenters. The van der Waals surface area contributed by atoms with E-state index in [1.165, 1.54) is 43.5 Å². The van der Waals surface area contributed by atoms with Crippen LogP contribution in [0.2, 0.25) is 5.15 Å². The van der Waals surface area contributed by atoms with Gasteiger partial charge in [0.1, 0.15) is 34.2 Å². The zero-order valence-corrected chi connectivity index (χ0v) is 60.8. The van der Waals surface area contributed by atoms with Gasteiger partial charge in [0.2, 0.25) is 53.3 Å². The number of nitrogens with two attached hydrogens (primary N) is 10. The Balaban J connectivity index is -0.00000123. The van der Waals surface area contributed by atoms with E-state index in [-0.39, 0.29) is 127 Å². The van der Waals surface area contributed by atoms with Crippen molar-refractivity contribution < 1.29 is 87.5 Å². The summed E-state index contributed by atoms with van der Waals surface area (Å²) in [5.74, 6) is 1.77. The second-order valence-corrected chi connectivity index (χ2v) is 22.3. The van der Waals surface area contributed by atoms with Gasteiger partial charge in [0, 0.05) is 111 Å². The van der Waals surface area contributed by atoms with E-state index in [1.54, 1.807) is 61.7 Å². The molecule has 7 aromatic heterocycles. The molecule has 0 aliphatic rings. The monoisotopic (exact) mass is 1430 g/mol. The van der Waals surface area contributed by atoms with Crippen LogP contribution in [0.3, 0.4) is 0 Å². The van der Waals surface area contributed by atoms with Crippen molar-refractivity contribution in [2.45, 2.75) is 161 Å². The van der Waals surface area contributed by atoms with Gasteiger partial charge in [0.15, 0.2) is 0 Å². The first kappa shape index (κ1) is 96.5. The molecule has 0 aliphatic heterocycles. The summed E-state index contributed by atoms with van der Waals surface area (Å²) in [7, 11) is 6.52. The van der Waals surface area contributed by atoms with Crippen LogP contribution in [0.4, 0.5) is 58.8 Å². The summed E-state index contributed by atoms with van der Waals surface area (Å²) < 4.78 is 10.1. The SMILES string of the molecule is C=CCCC.CCC(c1ccc(OC)nc1)N(C)C(=O)CCCCc1cc(N)nc(N)n1.CCCCCc1cc(N)nc(N)n1.COc1ccc(C(CC(=O)O)N(C)C(=O)CCCCc2cc(N)nc(N)n2)cn1.Nc1cc(CCCCC(=O)O)nc(N)n1.Nc1cc(Cl)nc(N)n1.[Li+].[Li+].[OH-].[OH-]. The second-order valence-electron chi connectivity index (χ2n) is 21.9. The fraction of sp³-hybridized carbons (Fsp3) is 0.446. The van der Waals surface area contributed by atoms with Crippen LogP contribution in [0.1, 0.15) is 169 Å². The number of allylic oxidation sites excluding steroid dienone is 1. The van der Waals surface area contributed by atoms with E-state index in [0.717, 1.165) is 73.3 Å². The Morgan fingerprint density at radius 1 is 0.480 bits per heavy atom. The van der Waals surface area contributed by atoms with Gasteiger partial charge in [-0.05, 0) is 94.6 Å². The number of carboxylic acid groups (broad SMARTS) is 2. The minimum atomic E-state index is -0.996. The molecule has 7 aromatic rings. The van der Waals surface area contributed by atoms with E-state index in [0.29, 0.717) is 85.5 Å². The number of unbranched alkanes of at least 4 members (excludes halogenated alkanes) is 6. The number of carboxylic acids is 2. The maximum atomic E-state index is 12.6. The molecule has 0 aromatic carbocycles. The number of nitrogens with zero attached hydrogens (tertiary/aromatic N) is 14. The number of amides is 2. The number of aryl methyl sites for hydroxylation is 4. The number of pyridine rings is 2. The Hall–Kier alpha value is -9.68. The standard InChI is InChI=1S/C19H26N6O4.C19H28N6O2.C9H14N4O2.C9H16N4.C5H10.C4H5ClN4.2Li.2H2O/c1-25(14(10-18(27)28)12-7-8-16(29-2)22-11-12)17(26)6-4-3-5-13-9-15(20)24-19(21)23-13;1-4-15(13-9-10-17(27-3)22-12-13)25(2)18(26)8-6-5-7-14-11-16(20)24-19(21)23-14;10-7-5-6(12-9(11)13-7)3-1-2-4-8(14)15;1-2-3-4-5-7-6-8(10)13-9(11)12-7;1-3-5-4-2;5-2-1-3(6)9-4(7)8-2;;;;/h7-9,11,14H,3-6,10H2,1-2H3,(H,27,28)(H4,20,21,23,24);9-12,15H,4-8H2,1-3H3,(H4,20,21,23,24);5H,1-4H2,(H,14,15)(H4,10,11,12,13);6H,2-5H2,1H3,(H4,10,11,12,13);3H,1,4-5H2,2H3;1H,(H4,6,7,8,9);;;2*1H2/q;;;;;;2*+1;;/p-2. The number of halogens is 1. The third-order valence-corrected chi connectivity index (χ3v) is 14.1. The van der Waals surface area contributed by atoms with Crippen LogP contribution >= 0.6 is 11.6 Å². The zero-order chi connectivity index (χ0) is 73.1. The average Bonchev–Trinajstić information content (AvgIpc) is 0.852. The first-order valence-corrected chi connectivity index (χ1v) is 32.2. The normalized spacial score (nSPS) is 10.4. The number of hydrogen-bond acceptors (Lipinski definition) is 30. The summed E-state index contributed by atoms with van der Waals surface area (Å²) in [5, 5.41) is 17.9. The number of hydrogen-bond donors (Lipinski definition) is 12. The van der Waals surface area contributed by atoms with Gasteiger partial charge in [-0.25, -0.2) is 34.9 Å². The van der Waals surface area contributed by atoms with Gasteiger partial charge in [-0.2, -0.15) is 24.9 Å². The summed E-state index contributed by atoms with van der Waals surface area (Å²) in [5.41, 5.74) is 59.7. The Labute approximate surface area is 625 Å². The predicted octanol–water partition coefficient (Wildman–Crippen LogP) is 1.53. The number of nitrogen functional groups attached to an aromatic ring is 10. The van der Waals surface area contributed by atoms with Crippen molar-refractivity contribution in [3.63, 3.8) is 0 Å². The van der Waals surface area contributed by atoms with Gasteiger partial charge < -0.3 is 97.8 Å². The van der Waals surface area contributed by atoms with Crippen molar-refractivity contribution in [2.24, 2.45) is 0 Å². The van der Waals surface area contributed by atoms with E-state index in [2.05, 4.69) is 87.2 Å². The summed E-state index contributed by atoms with van der Waals surface area (Å²) in [6.07, 6.45) is 19.9. The first-order chi connectivity index (χ1) is 46.6. The maximum Gasteiger partial charge on any atom is 1.00 e. The number of aromatic nitrogens is 12. The molecule has 0 fully saturated rings. The molecule has 0 spiro atoms. The molecule has 0 saturated carbocycles. The number of carbonyl (C=O) groups excluding carboxylic acids is 2. The minimum absolute atomic E-state index is 0. The van der Waals surface area contributed by atoms with E-state index in [9.17, 15) is 24.3 Å². The third-order valence-electron chi connectivity index (χ3n) is 13.9. The molecule has 7 heterocycles. The number of anilines is 10. The van der Waals surface area contributed by atoms with Crippen molar-refractivity contribution in [2.75, 3.05) is 85.7 Å². The van der Waals surface area contributed by atoms with Gasteiger partial charge in [-0.15, -0.1) is 6.58 Å². The summed E-state index contributed by atoms with van der Waals surface area (Å²) in [4.78, 5) is 97.1. The molecular formula is C65H101ClLi2N24O10. The van der Waals surface area contributed by atoms with Crippen molar-refractivity contribution in [1.29, 1.82) is 0 Å².